The van der Waals surface area contributed by atoms with E-state index in [0.29, 0.717) is 11.1 Å². The molecule has 1 heterocycles. The Balaban J connectivity index is 2.26. The average Bonchev–Trinajstić information content (AvgIpc) is 2.65. The summed E-state index contributed by atoms with van der Waals surface area (Å²) in [4.78, 5) is 21.0. The third kappa shape index (κ3) is 1.98. The molecule has 1 aliphatic heterocycles. The molecule has 0 aromatic heterocycles. The molecule has 2 rings (SSSR count). The third-order valence-electron chi connectivity index (χ3n) is 2.08. The van der Waals surface area contributed by atoms with Crippen LogP contribution in [0.2, 0.25) is 0 Å². The van der Waals surface area contributed by atoms with E-state index in [9.17, 15) is 14.9 Å². The second kappa shape index (κ2) is 3.98. The zero-order chi connectivity index (χ0) is 11.5. The molecule has 1 aromatic rings. The Morgan fingerprint density at radius 2 is 1.94 bits per heavy atom. The smallest absolute Gasteiger partial charge is 0.343 e. The number of ether oxygens (including phenoxy) is 1. The minimum atomic E-state index is -0.472. The van der Waals surface area contributed by atoms with E-state index in [4.69, 9.17) is 0 Å². The first-order chi connectivity index (χ1) is 7.66. The molecular weight excluding hydrogens is 210 g/mol. The molecule has 0 amide bonds. The van der Waals surface area contributed by atoms with Gasteiger partial charge < -0.3 is 4.74 Å². The van der Waals surface area contributed by atoms with Crippen LogP contribution in [0.25, 0.3) is 6.08 Å². The minimum Gasteiger partial charge on any atom is -0.431 e. The van der Waals surface area contributed by atoms with Gasteiger partial charge in [0.2, 0.25) is 0 Å². The van der Waals surface area contributed by atoms with Crippen LogP contribution in [0.15, 0.2) is 42.2 Å². The molecule has 0 fully saturated rings. The maximum Gasteiger partial charge on any atom is 0.343 e. The van der Waals surface area contributed by atoms with Crippen molar-refractivity contribution in [2.24, 2.45) is 0 Å². The summed E-state index contributed by atoms with van der Waals surface area (Å²) < 4.78 is 4.60. The summed E-state index contributed by atoms with van der Waals surface area (Å²) in [6.45, 7) is 0. The highest BCUT2D eigenvalue weighted by Crippen LogP contribution is 2.17. The zero-order valence-corrected chi connectivity index (χ0v) is 8.12. The predicted molar refractivity (Wildman–Crippen MR) is 56.3 cm³/mol. The predicted octanol–water partition coefficient (Wildman–Crippen LogP) is 2.05. The number of carbonyl (C=O) groups excluding carboxylic acids is 1. The van der Waals surface area contributed by atoms with Gasteiger partial charge in [0.15, 0.2) is 0 Å². The summed E-state index contributed by atoms with van der Waals surface area (Å²) in [7, 11) is 0. The minimum absolute atomic E-state index is 0.0201. The number of cyclic esters (lactones) is 1. The van der Waals surface area contributed by atoms with Gasteiger partial charge in [0.25, 0.3) is 5.69 Å². The van der Waals surface area contributed by atoms with Crippen molar-refractivity contribution in [3.05, 3.63) is 57.9 Å². The Bertz CT molecular complexity index is 499. The number of rotatable bonds is 2. The topological polar surface area (TPSA) is 69.4 Å². The van der Waals surface area contributed by atoms with E-state index in [2.05, 4.69) is 4.74 Å². The number of carbonyl (C=O) groups is 1. The Hall–Kier alpha value is -2.43. The molecule has 16 heavy (non-hydrogen) atoms. The van der Waals surface area contributed by atoms with Gasteiger partial charge in [0.05, 0.1) is 16.8 Å². The summed E-state index contributed by atoms with van der Waals surface area (Å²) in [6.07, 6.45) is 4.46. The van der Waals surface area contributed by atoms with E-state index < -0.39 is 10.9 Å². The van der Waals surface area contributed by atoms with Crippen LogP contribution in [0.3, 0.4) is 0 Å². The van der Waals surface area contributed by atoms with Crippen LogP contribution in [0.4, 0.5) is 5.69 Å². The lowest BCUT2D eigenvalue weighted by atomic mass is 10.1. The molecule has 5 nitrogen and oxygen atoms in total. The van der Waals surface area contributed by atoms with Gasteiger partial charge in [-0.1, -0.05) is 0 Å². The summed E-state index contributed by atoms with van der Waals surface area (Å²) in [5.74, 6) is -0.418. The molecule has 1 aromatic carbocycles. The standard InChI is InChI=1S/C11H7NO4/c13-11-9(5-6-16-11)7-8-1-3-10(4-2-8)12(14)15/h1-7H/b9-7+. The highest BCUT2D eigenvalue weighted by Gasteiger charge is 2.12. The van der Waals surface area contributed by atoms with Crippen LogP contribution in [-0.2, 0) is 9.53 Å². The molecule has 0 N–H and O–H groups in total. The van der Waals surface area contributed by atoms with Crippen molar-refractivity contribution in [3.8, 4) is 0 Å². The van der Waals surface area contributed by atoms with Crippen LogP contribution >= 0.6 is 0 Å². The van der Waals surface area contributed by atoms with Crippen molar-refractivity contribution in [2.75, 3.05) is 0 Å². The first kappa shape index (κ1) is 10.1. The second-order valence-corrected chi connectivity index (χ2v) is 3.16. The number of hydrogen-bond donors (Lipinski definition) is 0. The molecule has 0 saturated carbocycles. The van der Waals surface area contributed by atoms with E-state index in [1.54, 1.807) is 24.3 Å². The fraction of sp³-hybridized carbons (Fsp3) is 0. The summed E-state index contributed by atoms with van der Waals surface area (Å²) >= 11 is 0. The van der Waals surface area contributed by atoms with Gasteiger partial charge in [-0.05, 0) is 29.8 Å². The molecule has 0 unspecified atom stereocenters. The third-order valence-corrected chi connectivity index (χ3v) is 2.08. The van der Waals surface area contributed by atoms with Crippen molar-refractivity contribution in [1.29, 1.82) is 0 Å². The lowest BCUT2D eigenvalue weighted by Gasteiger charge is -1.95. The maximum atomic E-state index is 11.1. The number of hydrogen-bond acceptors (Lipinski definition) is 4. The van der Waals surface area contributed by atoms with E-state index in [0.717, 1.165) is 0 Å². The fourth-order valence-electron chi connectivity index (χ4n) is 1.28. The Kier molecular flexibility index (Phi) is 2.51. The number of nitro benzene ring substituents is 1. The van der Waals surface area contributed by atoms with E-state index in [1.807, 2.05) is 0 Å². The van der Waals surface area contributed by atoms with Gasteiger partial charge in [-0.2, -0.15) is 0 Å². The first-order valence-corrected chi connectivity index (χ1v) is 4.50. The highest BCUT2D eigenvalue weighted by atomic mass is 16.6. The zero-order valence-electron chi connectivity index (χ0n) is 8.12. The number of esters is 1. The molecule has 80 valence electrons. The normalized spacial score (nSPS) is 16.5. The SMILES string of the molecule is O=C1OC=C/C1=C\c1ccc([N+](=O)[O-])cc1. The molecule has 0 atom stereocenters. The van der Waals surface area contributed by atoms with E-state index in [1.165, 1.54) is 18.4 Å². The molecule has 0 saturated heterocycles. The molecule has 1 aliphatic rings. The van der Waals surface area contributed by atoms with Crippen LogP contribution in [0, 0.1) is 10.1 Å². The van der Waals surface area contributed by atoms with Crippen molar-refractivity contribution in [3.63, 3.8) is 0 Å². The number of nitrogens with zero attached hydrogens (tertiary/aromatic N) is 1. The monoisotopic (exact) mass is 217 g/mol. The van der Waals surface area contributed by atoms with Gasteiger partial charge in [0, 0.05) is 12.1 Å². The molecular formula is C11H7NO4. The van der Waals surface area contributed by atoms with Gasteiger partial charge in [-0.25, -0.2) is 4.79 Å². The number of nitro groups is 1. The molecule has 0 spiro atoms. The van der Waals surface area contributed by atoms with Crippen molar-refractivity contribution < 1.29 is 14.5 Å². The van der Waals surface area contributed by atoms with Crippen molar-refractivity contribution >= 4 is 17.7 Å². The Labute approximate surface area is 90.8 Å². The molecule has 0 radical (unpaired) electrons. The first-order valence-electron chi connectivity index (χ1n) is 4.50. The summed E-state index contributed by atoms with van der Waals surface area (Å²) in [5.41, 5.74) is 1.16. The van der Waals surface area contributed by atoms with Crippen molar-refractivity contribution in [1.82, 2.24) is 0 Å². The maximum absolute atomic E-state index is 11.1. The average molecular weight is 217 g/mol. The van der Waals surface area contributed by atoms with E-state index in [-0.39, 0.29) is 5.69 Å². The van der Waals surface area contributed by atoms with Crippen LogP contribution in [0.5, 0.6) is 0 Å². The summed E-state index contributed by atoms with van der Waals surface area (Å²) in [6, 6.07) is 5.92. The molecule has 0 bridgehead atoms. The van der Waals surface area contributed by atoms with E-state index >= 15 is 0 Å². The van der Waals surface area contributed by atoms with Crippen LogP contribution in [-0.4, -0.2) is 10.9 Å². The molecule has 0 aliphatic carbocycles. The fourth-order valence-corrected chi connectivity index (χ4v) is 1.28. The summed E-state index contributed by atoms with van der Waals surface area (Å²) in [5, 5.41) is 10.4. The largest absolute Gasteiger partial charge is 0.431 e. The van der Waals surface area contributed by atoms with Gasteiger partial charge in [-0.15, -0.1) is 0 Å². The quantitative estimate of drug-likeness (QED) is 0.329. The number of non-ortho nitro benzene ring substituents is 1. The lowest BCUT2D eigenvalue weighted by Crippen LogP contribution is -1.94. The van der Waals surface area contributed by atoms with Gasteiger partial charge >= 0.3 is 5.97 Å². The van der Waals surface area contributed by atoms with Crippen molar-refractivity contribution in [2.45, 2.75) is 0 Å². The molecule has 5 heteroatoms. The van der Waals surface area contributed by atoms with Crippen LogP contribution < -0.4 is 0 Å². The second-order valence-electron chi connectivity index (χ2n) is 3.16. The lowest BCUT2D eigenvalue weighted by molar-refractivity contribution is -0.384. The highest BCUT2D eigenvalue weighted by molar-refractivity contribution is 5.98. The number of benzene rings is 1. The van der Waals surface area contributed by atoms with Gasteiger partial charge in [-0.3, -0.25) is 10.1 Å². The van der Waals surface area contributed by atoms with Crippen LogP contribution in [0.1, 0.15) is 5.56 Å². The Morgan fingerprint density at radius 3 is 2.44 bits per heavy atom. The Morgan fingerprint density at radius 1 is 1.25 bits per heavy atom. The van der Waals surface area contributed by atoms with Gasteiger partial charge in [0.1, 0.15) is 0 Å².